The van der Waals surface area contributed by atoms with E-state index in [1.54, 1.807) is 0 Å². The fraction of sp³-hybridized carbons (Fsp3) is 0.824. The highest BCUT2D eigenvalue weighted by Gasteiger charge is 2.35. The first kappa shape index (κ1) is 16.5. The van der Waals surface area contributed by atoms with Crippen molar-refractivity contribution in [3.63, 3.8) is 0 Å². The number of aliphatic hydroxyl groups is 1. The van der Waals surface area contributed by atoms with Crippen LogP contribution in [0, 0.1) is 0 Å². The van der Waals surface area contributed by atoms with E-state index in [9.17, 15) is 5.11 Å². The minimum absolute atomic E-state index is 0.180. The van der Waals surface area contributed by atoms with E-state index in [-0.39, 0.29) is 11.6 Å². The van der Waals surface area contributed by atoms with Gasteiger partial charge in [-0.3, -0.25) is 9.58 Å². The molecular weight excluding hydrogens is 262 g/mol. The average Bonchev–Trinajstić information content (AvgIpc) is 2.95. The first-order chi connectivity index (χ1) is 9.95. The maximum absolute atomic E-state index is 10.7. The van der Waals surface area contributed by atoms with Gasteiger partial charge in [0.2, 0.25) is 0 Å². The van der Waals surface area contributed by atoms with Crippen LogP contribution >= 0.6 is 0 Å². The van der Waals surface area contributed by atoms with Crippen LogP contribution in [0.25, 0.3) is 0 Å². The fourth-order valence-corrected chi connectivity index (χ4v) is 3.05. The highest BCUT2D eigenvalue weighted by molar-refractivity contribution is 5.05. The Morgan fingerprint density at radius 3 is 2.57 bits per heavy atom. The van der Waals surface area contributed by atoms with Crippen LogP contribution < -0.4 is 0 Å². The molecule has 1 aromatic rings. The van der Waals surface area contributed by atoms with Gasteiger partial charge in [-0.2, -0.15) is 5.10 Å². The molecule has 2 heterocycles. The second kappa shape index (κ2) is 6.93. The SMILES string of the molecule is CCC(C)n1ccc(CC(O)C(C)(C)N2CCCCC2)n1. The van der Waals surface area contributed by atoms with Gasteiger partial charge < -0.3 is 5.11 Å². The van der Waals surface area contributed by atoms with Crippen molar-refractivity contribution in [3.05, 3.63) is 18.0 Å². The van der Waals surface area contributed by atoms with Crippen molar-refractivity contribution in [2.24, 2.45) is 0 Å². The van der Waals surface area contributed by atoms with Crippen molar-refractivity contribution < 1.29 is 5.11 Å². The monoisotopic (exact) mass is 293 g/mol. The molecule has 1 aliphatic heterocycles. The lowest BCUT2D eigenvalue weighted by molar-refractivity contribution is -0.0192. The van der Waals surface area contributed by atoms with Crippen LogP contribution in [0.1, 0.15) is 65.1 Å². The average molecular weight is 293 g/mol. The van der Waals surface area contributed by atoms with E-state index >= 15 is 0 Å². The van der Waals surface area contributed by atoms with Crippen LogP contribution in [0.5, 0.6) is 0 Å². The largest absolute Gasteiger partial charge is 0.391 e. The Morgan fingerprint density at radius 2 is 1.95 bits per heavy atom. The van der Waals surface area contributed by atoms with Crippen LogP contribution in [-0.4, -0.2) is 44.5 Å². The molecule has 0 saturated carbocycles. The van der Waals surface area contributed by atoms with E-state index in [0.29, 0.717) is 12.5 Å². The predicted octanol–water partition coefficient (Wildman–Crippen LogP) is 3.02. The smallest absolute Gasteiger partial charge is 0.0774 e. The van der Waals surface area contributed by atoms with Crippen LogP contribution in [0.3, 0.4) is 0 Å². The van der Waals surface area contributed by atoms with Gasteiger partial charge in [0.1, 0.15) is 0 Å². The summed E-state index contributed by atoms with van der Waals surface area (Å²) in [5.74, 6) is 0. The van der Waals surface area contributed by atoms with Crippen LogP contribution in [0.2, 0.25) is 0 Å². The summed E-state index contributed by atoms with van der Waals surface area (Å²) in [5, 5.41) is 15.3. The Bertz CT molecular complexity index is 435. The lowest BCUT2D eigenvalue weighted by Gasteiger charge is -2.43. The van der Waals surface area contributed by atoms with Gasteiger partial charge >= 0.3 is 0 Å². The Kier molecular flexibility index (Phi) is 5.44. The maximum atomic E-state index is 10.7. The number of likely N-dealkylation sites (tertiary alicyclic amines) is 1. The molecule has 4 heteroatoms. The molecule has 2 rings (SSSR count). The number of hydrogen-bond acceptors (Lipinski definition) is 3. The van der Waals surface area contributed by atoms with Gasteiger partial charge in [0.25, 0.3) is 0 Å². The quantitative estimate of drug-likeness (QED) is 0.876. The first-order valence-corrected chi connectivity index (χ1v) is 8.42. The van der Waals surface area contributed by atoms with Gasteiger partial charge in [-0.05, 0) is 59.2 Å². The summed E-state index contributed by atoms with van der Waals surface area (Å²) in [6.07, 6.45) is 7.18. The minimum Gasteiger partial charge on any atom is -0.391 e. The zero-order valence-electron chi connectivity index (χ0n) is 14.0. The summed E-state index contributed by atoms with van der Waals surface area (Å²) < 4.78 is 2.01. The van der Waals surface area contributed by atoms with E-state index in [1.807, 2.05) is 16.9 Å². The van der Waals surface area contributed by atoms with Crippen molar-refractivity contribution in [1.29, 1.82) is 0 Å². The van der Waals surface area contributed by atoms with Crippen molar-refractivity contribution >= 4 is 0 Å². The molecule has 120 valence electrons. The van der Waals surface area contributed by atoms with Crippen LogP contribution in [-0.2, 0) is 6.42 Å². The summed E-state index contributed by atoms with van der Waals surface area (Å²) in [7, 11) is 0. The molecule has 1 fully saturated rings. The molecule has 0 amide bonds. The third-order valence-corrected chi connectivity index (χ3v) is 5.10. The summed E-state index contributed by atoms with van der Waals surface area (Å²) in [6.45, 7) is 10.9. The first-order valence-electron chi connectivity index (χ1n) is 8.42. The third kappa shape index (κ3) is 3.86. The maximum Gasteiger partial charge on any atom is 0.0774 e. The molecule has 0 aromatic carbocycles. The molecule has 0 spiro atoms. The minimum atomic E-state index is -0.379. The van der Waals surface area contributed by atoms with Crippen LogP contribution in [0.15, 0.2) is 12.3 Å². The molecular formula is C17H31N3O. The zero-order valence-corrected chi connectivity index (χ0v) is 14.0. The Morgan fingerprint density at radius 1 is 1.29 bits per heavy atom. The van der Waals surface area contributed by atoms with Crippen molar-refractivity contribution in [2.45, 2.75) is 77.5 Å². The van der Waals surface area contributed by atoms with E-state index in [2.05, 4.69) is 37.7 Å². The van der Waals surface area contributed by atoms with Gasteiger partial charge in [0, 0.05) is 24.2 Å². The van der Waals surface area contributed by atoms with Crippen molar-refractivity contribution in [2.75, 3.05) is 13.1 Å². The second-order valence-corrected chi connectivity index (χ2v) is 6.97. The highest BCUT2D eigenvalue weighted by Crippen LogP contribution is 2.25. The van der Waals surface area contributed by atoms with Crippen molar-refractivity contribution in [1.82, 2.24) is 14.7 Å². The third-order valence-electron chi connectivity index (χ3n) is 5.10. The number of rotatable bonds is 6. The summed E-state index contributed by atoms with van der Waals surface area (Å²) in [6, 6.07) is 2.47. The number of aromatic nitrogens is 2. The van der Waals surface area contributed by atoms with E-state index in [4.69, 9.17) is 0 Å². The number of aliphatic hydroxyl groups excluding tert-OH is 1. The van der Waals surface area contributed by atoms with Gasteiger partial charge in [-0.15, -0.1) is 0 Å². The standard InChI is InChI=1S/C17H31N3O/c1-5-14(2)20-12-9-15(18-20)13-16(21)17(3,4)19-10-7-6-8-11-19/h9,12,14,16,21H,5-8,10-11,13H2,1-4H3. The molecule has 0 bridgehead atoms. The molecule has 4 nitrogen and oxygen atoms in total. The molecule has 1 aliphatic rings. The lowest BCUT2D eigenvalue weighted by atomic mass is 9.89. The Hall–Kier alpha value is -0.870. The molecule has 1 N–H and O–H groups in total. The zero-order chi connectivity index (χ0) is 15.5. The number of piperidine rings is 1. The summed E-state index contributed by atoms with van der Waals surface area (Å²) in [5.41, 5.74) is 0.813. The van der Waals surface area contributed by atoms with Gasteiger partial charge in [-0.25, -0.2) is 0 Å². The second-order valence-electron chi connectivity index (χ2n) is 6.97. The Labute approximate surface area is 129 Å². The Balaban J connectivity index is 1.99. The number of hydrogen-bond donors (Lipinski definition) is 1. The van der Waals surface area contributed by atoms with Gasteiger partial charge in [-0.1, -0.05) is 13.3 Å². The van der Waals surface area contributed by atoms with E-state index in [1.165, 1.54) is 19.3 Å². The number of nitrogens with zero attached hydrogens (tertiary/aromatic N) is 3. The predicted molar refractivity (Wildman–Crippen MR) is 86.4 cm³/mol. The van der Waals surface area contributed by atoms with Crippen molar-refractivity contribution in [3.8, 4) is 0 Å². The topological polar surface area (TPSA) is 41.3 Å². The summed E-state index contributed by atoms with van der Waals surface area (Å²) in [4.78, 5) is 2.44. The highest BCUT2D eigenvalue weighted by atomic mass is 16.3. The molecule has 2 atom stereocenters. The normalized spacial score (nSPS) is 20.4. The lowest BCUT2D eigenvalue weighted by Crippen LogP contribution is -2.54. The van der Waals surface area contributed by atoms with Gasteiger partial charge in [0.15, 0.2) is 0 Å². The van der Waals surface area contributed by atoms with Gasteiger partial charge in [0.05, 0.1) is 11.8 Å². The van der Waals surface area contributed by atoms with Crippen LogP contribution in [0.4, 0.5) is 0 Å². The summed E-state index contributed by atoms with van der Waals surface area (Å²) >= 11 is 0. The molecule has 0 aliphatic carbocycles. The molecule has 1 saturated heterocycles. The fourth-order valence-electron chi connectivity index (χ4n) is 3.05. The molecule has 21 heavy (non-hydrogen) atoms. The van der Waals surface area contributed by atoms with E-state index < -0.39 is 0 Å². The molecule has 0 radical (unpaired) electrons. The molecule has 2 unspecified atom stereocenters. The molecule has 1 aromatic heterocycles. The van der Waals surface area contributed by atoms with E-state index in [0.717, 1.165) is 25.2 Å².